The van der Waals surface area contributed by atoms with Crippen LogP contribution in [-0.4, -0.2) is 42.3 Å². The van der Waals surface area contributed by atoms with Crippen LogP contribution < -0.4 is 5.32 Å². The molecule has 0 aromatic rings. The zero-order valence-corrected chi connectivity index (χ0v) is 13.3. The van der Waals surface area contributed by atoms with Gasteiger partial charge in [-0.25, -0.2) is 4.79 Å². The summed E-state index contributed by atoms with van der Waals surface area (Å²) in [6.45, 7) is 11.0. The number of carbonyl (C=O) groups is 1. The second kappa shape index (κ2) is 6.60. The third-order valence-electron chi connectivity index (χ3n) is 3.64. The van der Waals surface area contributed by atoms with E-state index in [1.54, 1.807) is 0 Å². The molecule has 19 heavy (non-hydrogen) atoms. The van der Waals surface area contributed by atoms with E-state index < -0.39 is 5.60 Å². The molecule has 0 aromatic carbocycles. The Bertz CT molecular complexity index is 297. The zero-order valence-electron chi connectivity index (χ0n) is 13.3. The molecule has 0 radical (unpaired) electrons. The van der Waals surface area contributed by atoms with Crippen LogP contribution in [0.15, 0.2) is 0 Å². The molecule has 2 unspecified atom stereocenters. The number of likely N-dealkylation sites (N-methyl/N-ethyl adjacent to an activating group) is 1. The van der Waals surface area contributed by atoms with Gasteiger partial charge in [-0.15, -0.1) is 0 Å². The van der Waals surface area contributed by atoms with Crippen molar-refractivity contribution in [3.05, 3.63) is 0 Å². The molecule has 0 saturated carbocycles. The summed E-state index contributed by atoms with van der Waals surface area (Å²) >= 11 is 0. The predicted molar refractivity (Wildman–Crippen MR) is 78.3 cm³/mol. The van der Waals surface area contributed by atoms with Gasteiger partial charge >= 0.3 is 6.09 Å². The molecule has 1 aliphatic heterocycles. The highest BCUT2D eigenvalue weighted by molar-refractivity contribution is 5.68. The first-order valence-corrected chi connectivity index (χ1v) is 7.43. The predicted octanol–water partition coefficient (Wildman–Crippen LogP) is 3.02. The fourth-order valence-corrected chi connectivity index (χ4v) is 2.85. The number of piperidine rings is 1. The van der Waals surface area contributed by atoms with E-state index in [9.17, 15) is 4.79 Å². The first-order chi connectivity index (χ1) is 8.76. The van der Waals surface area contributed by atoms with Crippen LogP contribution in [0.25, 0.3) is 0 Å². The minimum absolute atomic E-state index is 0.168. The van der Waals surface area contributed by atoms with Gasteiger partial charge in [0.25, 0.3) is 0 Å². The van der Waals surface area contributed by atoms with Gasteiger partial charge in [0.05, 0.1) is 6.04 Å². The van der Waals surface area contributed by atoms with Gasteiger partial charge in [-0.2, -0.15) is 0 Å². The minimum atomic E-state index is -0.425. The molecule has 0 aromatic heterocycles. The Labute approximate surface area is 117 Å². The van der Waals surface area contributed by atoms with E-state index in [0.717, 1.165) is 19.4 Å². The van der Waals surface area contributed by atoms with Crippen molar-refractivity contribution < 1.29 is 9.53 Å². The Balaban J connectivity index is 2.79. The lowest BCUT2D eigenvalue weighted by Crippen LogP contribution is -2.56. The van der Waals surface area contributed by atoms with Crippen LogP contribution in [0.4, 0.5) is 4.79 Å². The standard InChI is InChI=1S/C15H30N2O2/c1-11(2)13(16-6)12-9-7-8-10-17(12)14(18)19-15(3,4)5/h11-13,16H,7-10H2,1-6H3. The van der Waals surface area contributed by atoms with Crippen molar-refractivity contribution in [1.29, 1.82) is 0 Å². The van der Waals surface area contributed by atoms with E-state index in [2.05, 4.69) is 19.2 Å². The lowest BCUT2D eigenvalue weighted by atomic mass is 9.89. The Morgan fingerprint density at radius 2 is 1.95 bits per heavy atom. The van der Waals surface area contributed by atoms with Crippen molar-refractivity contribution >= 4 is 6.09 Å². The Morgan fingerprint density at radius 3 is 2.42 bits per heavy atom. The number of ether oxygens (including phenoxy) is 1. The second-order valence-corrected chi connectivity index (χ2v) is 6.80. The van der Waals surface area contributed by atoms with Crippen LogP contribution in [0, 0.1) is 5.92 Å². The molecule has 0 bridgehead atoms. The highest BCUT2D eigenvalue weighted by Crippen LogP contribution is 2.25. The summed E-state index contributed by atoms with van der Waals surface area (Å²) < 4.78 is 5.54. The topological polar surface area (TPSA) is 41.6 Å². The summed E-state index contributed by atoms with van der Waals surface area (Å²) in [7, 11) is 1.98. The van der Waals surface area contributed by atoms with Gasteiger partial charge in [0.1, 0.15) is 5.60 Å². The van der Waals surface area contributed by atoms with Crippen molar-refractivity contribution in [1.82, 2.24) is 10.2 Å². The first kappa shape index (κ1) is 16.3. The molecule has 1 amide bonds. The molecule has 4 nitrogen and oxygen atoms in total. The van der Waals surface area contributed by atoms with E-state index in [4.69, 9.17) is 4.74 Å². The number of hydrogen-bond donors (Lipinski definition) is 1. The molecular weight excluding hydrogens is 240 g/mol. The average molecular weight is 270 g/mol. The van der Waals surface area contributed by atoms with Crippen molar-refractivity contribution in [2.45, 2.75) is 71.6 Å². The van der Waals surface area contributed by atoms with Gasteiger partial charge in [0, 0.05) is 12.6 Å². The normalized spacial score (nSPS) is 22.5. The van der Waals surface area contributed by atoms with Gasteiger partial charge in [-0.3, -0.25) is 0 Å². The van der Waals surface area contributed by atoms with Crippen LogP contribution >= 0.6 is 0 Å². The zero-order chi connectivity index (χ0) is 14.6. The van der Waals surface area contributed by atoms with Crippen LogP contribution in [0.5, 0.6) is 0 Å². The fourth-order valence-electron chi connectivity index (χ4n) is 2.85. The molecule has 0 spiro atoms. The lowest BCUT2D eigenvalue weighted by molar-refractivity contribution is 0.00261. The summed E-state index contributed by atoms with van der Waals surface area (Å²) in [5, 5.41) is 3.37. The number of nitrogens with one attached hydrogen (secondary N) is 1. The molecule has 2 atom stereocenters. The van der Waals surface area contributed by atoms with Crippen LogP contribution in [0.2, 0.25) is 0 Å². The third kappa shape index (κ3) is 4.68. The van der Waals surface area contributed by atoms with Gasteiger partial charge in [0.2, 0.25) is 0 Å². The number of carbonyl (C=O) groups excluding carboxylic acids is 1. The SMILES string of the molecule is CNC(C(C)C)C1CCCCN1C(=O)OC(C)(C)C. The Hall–Kier alpha value is -0.770. The number of amides is 1. The van der Waals surface area contributed by atoms with E-state index in [0.29, 0.717) is 12.0 Å². The largest absolute Gasteiger partial charge is 0.444 e. The number of likely N-dealkylation sites (tertiary alicyclic amines) is 1. The quantitative estimate of drug-likeness (QED) is 0.857. The number of nitrogens with zero attached hydrogens (tertiary/aromatic N) is 1. The lowest BCUT2D eigenvalue weighted by Gasteiger charge is -2.42. The fraction of sp³-hybridized carbons (Fsp3) is 0.933. The van der Waals surface area contributed by atoms with Crippen molar-refractivity contribution in [2.24, 2.45) is 5.92 Å². The Morgan fingerprint density at radius 1 is 1.32 bits per heavy atom. The molecule has 0 aliphatic carbocycles. The molecule has 1 aliphatic rings. The maximum atomic E-state index is 12.3. The number of hydrogen-bond acceptors (Lipinski definition) is 3. The van der Waals surface area contributed by atoms with E-state index in [-0.39, 0.29) is 12.1 Å². The molecule has 1 heterocycles. The summed E-state index contributed by atoms with van der Waals surface area (Å²) in [4.78, 5) is 14.3. The van der Waals surface area contributed by atoms with E-state index in [1.807, 2.05) is 32.7 Å². The summed E-state index contributed by atoms with van der Waals surface area (Å²) in [5.74, 6) is 0.498. The van der Waals surface area contributed by atoms with Gasteiger partial charge < -0.3 is 15.0 Å². The molecule has 1 fully saturated rings. The van der Waals surface area contributed by atoms with Crippen molar-refractivity contribution in [2.75, 3.05) is 13.6 Å². The highest BCUT2D eigenvalue weighted by Gasteiger charge is 2.35. The minimum Gasteiger partial charge on any atom is -0.444 e. The first-order valence-electron chi connectivity index (χ1n) is 7.43. The molecule has 1 N–H and O–H groups in total. The van der Waals surface area contributed by atoms with E-state index >= 15 is 0 Å². The number of rotatable bonds is 3. The third-order valence-corrected chi connectivity index (χ3v) is 3.64. The van der Waals surface area contributed by atoms with Crippen LogP contribution in [-0.2, 0) is 4.74 Å². The average Bonchev–Trinajstić information content (AvgIpc) is 2.27. The van der Waals surface area contributed by atoms with Gasteiger partial charge in [-0.05, 0) is 53.0 Å². The van der Waals surface area contributed by atoms with Gasteiger partial charge in [0.15, 0.2) is 0 Å². The highest BCUT2D eigenvalue weighted by atomic mass is 16.6. The molecule has 112 valence electrons. The molecular formula is C15H30N2O2. The maximum absolute atomic E-state index is 12.3. The molecule has 1 saturated heterocycles. The maximum Gasteiger partial charge on any atom is 0.410 e. The molecule has 4 heteroatoms. The van der Waals surface area contributed by atoms with Gasteiger partial charge in [-0.1, -0.05) is 13.8 Å². The van der Waals surface area contributed by atoms with Crippen molar-refractivity contribution in [3.63, 3.8) is 0 Å². The summed E-state index contributed by atoms with van der Waals surface area (Å²) in [5.41, 5.74) is -0.425. The monoisotopic (exact) mass is 270 g/mol. The van der Waals surface area contributed by atoms with Crippen LogP contribution in [0.1, 0.15) is 53.9 Å². The summed E-state index contributed by atoms with van der Waals surface area (Å²) in [6, 6.07) is 0.571. The summed E-state index contributed by atoms with van der Waals surface area (Å²) in [6.07, 6.45) is 3.15. The molecule has 1 rings (SSSR count). The smallest absolute Gasteiger partial charge is 0.410 e. The van der Waals surface area contributed by atoms with Crippen LogP contribution in [0.3, 0.4) is 0 Å². The Kier molecular flexibility index (Phi) is 5.65. The second-order valence-electron chi connectivity index (χ2n) is 6.80. The van der Waals surface area contributed by atoms with E-state index in [1.165, 1.54) is 6.42 Å². The van der Waals surface area contributed by atoms with Crippen molar-refractivity contribution in [3.8, 4) is 0 Å².